The van der Waals surface area contributed by atoms with Crippen molar-refractivity contribution in [3.05, 3.63) is 58.4 Å². The van der Waals surface area contributed by atoms with Gasteiger partial charge in [-0.15, -0.1) is 0 Å². The summed E-state index contributed by atoms with van der Waals surface area (Å²) >= 11 is 6.22. The number of pyridine rings is 1. The van der Waals surface area contributed by atoms with E-state index in [0.29, 0.717) is 82.2 Å². The van der Waals surface area contributed by atoms with Gasteiger partial charge < -0.3 is 64.8 Å². The van der Waals surface area contributed by atoms with Crippen LogP contribution in [0, 0.1) is 23.7 Å². The van der Waals surface area contributed by atoms with Gasteiger partial charge in [-0.05, 0) is 124 Å². The summed E-state index contributed by atoms with van der Waals surface area (Å²) in [4.78, 5) is 198. The second kappa shape index (κ2) is 39.5. The molecule has 3 saturated carbocycles. The smallest absolute Gasteiger partial charge is 0.417 e. The molecule has 5 fully saturated rings. The molecule has 1 spiro atoms. The van der Waals surface area contributed by atoms with E-state index >= 15 is 33.6 Å². The molecule has 1 aromatic heterocycles. The van der Waals surface area contributed by atoms with Crippen molar-refractivity contribution in [2.24, 2.45) is 23.7 Å². The molecule has 5 aliphatic rings. The number of carbonyl (C=O) groups excluding carboxylic acids is 12. The highest BCUT2D eigenvalue weighted by Crippen LogP contribution is 2.38. The van der Waals surface area contributed by atoms with Crippen LogP contribution in [0.2, 0.25) is 5.02 Å². The molecule has 2 aromatic rings. The Balaban J connectivity index is 1.35. The van der Waals surface area contributed by atoms with E-state index in [1.54, 1.807) is 17.9 Å². The van der Waals surface area contributed by atoms with Crippen molar-refractivity contribution in [3.63, 3.8) is 0 Å². The van der Waals surface area contributed by atoms with Gasteiger partial charge in [0.05, 0.1) is 49.9 Å². The highest BCUT2D eigenvalue weighted by atomic mass is 35.5. The minimum atomic E-state index is -4.79. The lowest BCUT2D eigenvalue weighted by atomic mass is 9.81. The molecule has 12 amide bonds. The van der Waals surface area contributed by atoms with Crippen molar-refractivity contribution in [2.75, 3.05) is 96.2 Å². The standard InChI is InChI=1S/C78H117ClF3N13O13/c1-14-50(4)67-74(105)89(7)47-65(98)87(5)48-66(99)91(9)61(41-51-26-18-15-19-27-51)72(103)88(6)46-63(96)84-58(33-31-52-30-32-56(57(79)40-52)78(80,81)82)71(102)92(10)60(42-53-39-55(108-13)45-83-44-53)70(101)86-77(34-22-23-35-77)76(107)94(12)68(54-28-20-16-21-29-54)75(106)93(11)62(73(104)95-36-24-17-25-37-95)43-64(97)90(8)59(38-49(2)3)69(100)85-67/h30,32,39-40,44-45,49-51,54,58-62,67-68H,14-29,31,33-38,41-43,46-48H2,1-13H3,(H,84,96)(H,85,100)(H,86,101)/t50-,58-,59-,60-,61-,62-,67-,68-/m0/s1. The minimum Gasteiger partial charge on any atom is -0.495 e. The number of likely N-dealkylation sites (tertiary alicyclic amines) is 1. The van der Waals surface area contributed by atoms with Gasteiger partial charge in [0.25, 0.3) is 0 Å². The summed E-state index contributed by atoms with van der Waals surface area (Å²) in [6, 6.07) is -4.61. The number of ether oxygens (including phenoxy) is 1. The number of nitrogens with zero attached hydrogens (tertiary/aromatic N) is 10. The Bertz CT molecular complexity index is 3510. The molecule has 0 unspecified atom stereocenters. The van der Waals surface area contributed by atoms with Crippen molar-refractivity contribution in [1.29, 1.82) is 0 Å². The first-order chi connectivity index (χ1) is 51.0. The monoisotopic (exact) mass is 1540 g/mol. The van der Waals surface area contributed by atoms with E-state index in [1.165, 1.54) is 102 Å². The van der Waals surface area contributed by atoms with Gasteiger partial charge in [-0.2, -0.15) is 13.2 Å². The second-order valence-corrected chi connectivity index (χ2v) is 31.8. The Hall–Kier alpha value is -8.11. The van der Waals surface area contributed by atoms with Crippen molar-refractivity contribution >= 4 is 82.5 Å². The van der Waals surface area contributed by atoms with E-state index in [9.17, 15) is 37.1 Å². The van der Waals surface area contributed by atoms with Crippen LogP contribution >= 0.6 is 11.6 Å². The van der Waals surface area contributed by atoms with Crippen molar-refractivity contribution in [1.82, 2.24) is 65.0 Å². The van der Waals surface area contributed by atoms with Crippen molar-refractivity contribution < 1.29 is 75.4 Å². The average molecular weight is 1540 g/mol. The lowest BCUT2D eigenvalue weighted by Crippen LogP contribution is -2.66. The van der Waals surface area contributed by atoms with Crippen molar-refractivity contribution in [3.8, 4) is 5.75 Å². The van der Waals surface area contributed by atoms with Crippen LogP contribution in [0.5, 0.6) is 5.75 Å². The maximum absolute atomic E-state index is 16.1. The molecule has 2 aliphatic heterocycles. The van der Waals surface area contributed by atoms with Crippen LogP contribution in [-0.4, -0.2) is 264 Å². The molecular formula is C78H117ClF3N13O13. The normalized spacial score (nSPS) is 25.3. The lowest BCUT2D eigenvalue weighted by molar-refractivity contribution is -0.157. The highest BCUT2D eigenvalue weighted by Gasteiger charge is 2.51. The van der Waals surface area contributed by atoms with Gasteiger partial charge in [0.1, 0.15) is 53.6 Å². The maximum atomic E-state index is 16.1. The molecule has 0 radical (unpaired) electrons. The molecule has 30 heteroatoms. The SMILES string of the molecule is CC[C@H](C)[C@@H]1NC(=O)[C@H](CC(C)C)N(C)C(=O)C[C@@H](C(=O)N2CCCCC2)N(C)C(=O)[C@H](C2CCCCC2)N(C)C(=O)C2(CCCC2)NC(=O)[C@H](Cc2cncc(OC)c2)N(C)C(=O)[C@H](CCc2ccc(C(F)(F)F)c(Cl)c2)NC(=O)CN(C)C(=O)[C@H](CC2CCCCC2)N(C)C(=O)CN(C)C(=O)CN(C)C1=O. The largest absolute Gasteiger partial charge is 0.495 e. The maximum Gasteiger partial charge on any atom is 0.417 e. The molecule has 26 nitrogen and oxygen atoms in total. The number of benzene rings is 1. The van der Waals surface area contributed by atoms with Gasteiger partial charge in [0.2, 0.25) is 70.9 Å². The number of aryl methyl sites for hydroxylation is 1. The summed E-state index contributed by atoms with van der Waals surface area (Å²) in [6.07, 6.45) is 8.41. The Morgan fingerprint density at radius 3 is 1.83 bits per heavy atom. The van der Waals surface area contributed by atoms with E-state index < -0.39 is 173 Å². The number of halogens is 4. The van der Waals surface area contributed by atoms with Crippen LogP contribution in [0.15, 0.2) is 36.7 Å². The first-order valence-electron chi connectivity index (χ1n) is 38.6. The molecule has 0 bridgehead atoms. The number of piperidine rings is 1. The van der Waals surface area contributed by atoms with E-state index in [0.717, 1.165) is 76.7 Å². The number of methoxy groups -OCH3 is 1. The molecule has 8 atom stereocenters. The molecule has 7 rings (SSSR count). The predicted molar refractivity (Wildman–Crippen MR) is 400 cm³/mol. The van der Waals surface area contributed by atoms with Gasteiger partial charge in [0, 0.05) is 82.1 Å². The summed E-state index contributed by atoms with van der Waals surface area (Å²) in [6.45, 7) is 6.27. The van der Waals surface area contributed by atoms with Gasteiger partial charge >= 0.3 is 6.18 Å². The molecule has 3 N–H and O–H groups in total. The number of amides is 12. The molecule has 3 heterocycles. The zero-order chi connectivity index (χ0) is 79.6. The second-order valence-electron chi connectivity index (χ2n) is 31.4. The van der Waals surface area contributed by atoms with E-state index in [-0.39, 0.29) is 62.3 Å². The summed E-state index contributed by atoms with van der Waals surface area (Å²) < 4.78 is 47.6. The number of likely N-dealkylation sites (N-methyl/N-ethyl adjacent to an activating group) is 8. The summed E-state index contributed by atoms with van der Waals surface area (Å²) in [5, 5.41) is 8.16. The number of nitrogens with one attached hydrogen (secondary N) is 3. The zero-order valence-corrected chi connectivity index (χ0v) is 66.4. The summed E-state index contributed by atoms with van der Waals surface area (Å²) in [7, 11) is 12.7. The Morgan fingerprint density at radius 1 is 0.630 bits per heavy atom. The van der Waals surface area contributed by atoms with E-state index in [4.69, 9.17) is 16.3 Å². The summed E-state index contributed by atoms with van der Waals surface area (Å²) in [5.74, 6) is -9.09. The first kappa shape index (κ1) is 87.1. The van der Waals surface area contributed by atoms with Crippen LogP contribution in [0.25, 0.3) is 0 Å². The third kappa shape index (κ3) is 22.5. The van der Waals surface area contributed by atoms with Gasteiger partial charge in [0.15, 0.2) is 0 Å². The minimum absolute atomic E-state index is 0.00993. The predicted octanol–water partition coefficient (Wildman–Crippen LogP) is 6.91. The number of aromatic nitrogens is 1. The fourth-order valence-electron chi connectivity index (χ4n) is 16.1. The lowest BCUT2D eigenvalue weighted by Gasteiger charge is -2.43. The first-order valence-corrected chi connectivity index (χ1v) is 39.0. The van der Waals surface area contributed by atoms with Gasteiger partial charge in [-0.3, -0.25) is 62.5 Å². The molecule has 600 valence electrons. The Labute approximate surface area is 639 Å². The average Bonchev–Trinajstić information content (AvgIpc) is 1.43. The number of carbonyl (C=O) groups is 12. The third-order valence-corrected chi connectivity index (χ3v) is 23.4. The Morgan fingerprint density at radius 2 is 1.23 bits per heavy atom. The zero-order valence-electron chi connectivity index (χ0n) is 65.6. The molecule has 1 aromatic carbocycles. The quantitative estimate of drug-likeness (QED) is 0.173. The van der Waals surface area contributed by atoms with E-state index in [2.05, 4.69) is 20.9 Å². The van der Waals surface area contributed by atoms with Crippen LogP contribution < -0.4 is 20.7 Å². The molecule has 2 saturated heterocycles. The van der Waals surface area contributed by atoms with E-state index in [1.807, 2.05) is 20.8 Å². The van der Waals surface area contributed by atoms with Crippen LogP contribution in [-0.2, 0) is 76.6 Å². The topological polar surface area (TPSA) is 292 Å². The number of hydrogen-bond donors (Lipinski definition) is 3. The molecule has 3 aliphatic carbocycles. The third-order valence-electron chi connectivity index (χ3n) is 23.1. The number of alkyl halides is 3. The summed E-state index contributed by atoms with van der Waals surface area (Å²) in [5.41, 5.74) is -2.14. The number of rotatable bonds is 14. The van der Waals surface area contributed by atoms with Gasteiger partial charge in [-0.25, -0.2) is 0 Å². The fourth-order valence-corrected chi connectivity index (χ4v) is 16.4. The van der Waals surface area contributed by atoms with Crippen LogP contribution in [0.1, 0.15) is 186 Å². The van der Waals surface area contributed by atoms with Crippen LogP contribution in [0.4, 0.5) is 13.2 Å². The fraction of sp³-hybridized carbons (Fsp3) is 0.705. The van der Waals surface area contributed by atoms with Crippen molar-refractivity contribution in [2.45, 2.75) is 236 Å². The van der Waals surface area contributed by atoms with Gasteiger partial charge in [-0.1, -0.05) is 116 Å². The van der Waals surface area contributed by atoms with Crippen LogP contribution in [0.3, 0.4) is 0 Å². The Kier molecular flexibility index (Phi) is 31.9. The number of hydrogen-bond acceptors (Lipinski definition) is 14. The highest BCUT2D eigenvalue weighted by molar-refractivity contribution is 6.31. The molecule has 108 heavy (non-hydrogen) atoms. The molecular weight excluding hydrogens is 1420 g/mol.